The first-order chi connectivity index (χ1) is 12.4. The lowest BCUT2D eigenvalue weighted by Gasteiger charge is -2.29. The van der Waals surface area contributed by atoms with Crippen molar-refractivity contribution in [2.75, 3.05) is 20.7 Å². The first kappa shape index (κ1) is 18.3. The maximum atomic E-state index is 12.8. The van der Waals surface area contributed by atoms with Gasteiger partial charge in [0.1, 0.15) is 11.9 Å². The van der Waals surface area contributed by atoms with Crippen LogP contribution < -0.4 is 4.74 Å². The molecule has 1 aliphatic heterocycles. The second kappa shape index (κ2) is 7.37. The van der Waals surface area contributed by atoms with Crippen molar-refractivity contribution in [2.45, 2.75) is 28.7 Å². The summed E-state index contributed by atoms with van der Waals surface area (Å²) < 4.78 is 36.2. The van der Waals surface area contributed by atoms with Crippen LogP contribution in [0.25, 0.3) is 0 Å². The predicted molar refractivity (Wildman–Crippen MR) is 96.1 cm³/mol. The molecule has 2 aromatic carbocycles. The van der Waals surface area contributed by atoms with E-state index in [0.717, 1.165) is 18.4 Å². The third-order valence-electron chi connectivity index (χ3n) is 4.40. The summed E-state index contributed by atoms with van der Waals surface area (Å²) in [6.45, 7) is 0.377. The van der Waals surface area contributed by atoms with Gasteiger partial charge in [0.15, 0.2) is 0 Å². The normalized spacial score (nSPS) is 16.3. The van der Waals surface area contributed by atoms with Gasteiger partial charge in [0, 0.05) is 7.05 Å². The Kier molecular flexibility index (Phi) is 5.18. The minimum absolute atomic E-state index is 0.199. The molecule has 0 N–H and O–H groups in total. The number of nitrogens with zero attached hydrogens (tertiary/aromatic N) is 1. The fraction of sp³-hybridized carbons (Fsp3) is 0.316. The molecule has 0 spiro atoms. The van der Waals surface area contributed by atoms with Crippen LogP contribution in [0, 0.1) is 0 Å². The Hall–Kier alpha value is -2.54. The molecule has 26 heavy (non-hydrogen) atoms. The molecule has 0 aliphatic carbocycles. The number of ether oxygens (including phenoxy) is 2. The van der Waals surface area contributed by atoms with E-state index in [0.29, 0.717) is 12.3 Å². The lowest BCUT2D eigenvalue weighted by atomic mass is 10.0. The monoisotopic (exact) mass is 375 g/mol. The third-order valence-corrected chi connectivity index (χ3v) is 6.16. The molecular formula is C19H21NO5S. The zero-order valence-corrected chi connectivity index (χ0v) is 15.5. The lowest BCUT2D eigenvalue weighted by molar-refractivity contribution is 0.0975. The number of sulfone groups is 1. The van der Waals surface area contributed by atoms with Gasteiger partial charge in [-0.2, -0.15) is 0 Å². The number of aryl methyl sites for hydroxylation is 1. The molecule has 3 rings (SSSR count). The minimum atomic E-state index is -3.59. The smallest absolute Gasteiger partial charge is 0.409 e. The molecule has 1 aliphatic rings. The molecule has 1 amide bonds. The van der Waals surface area contributed by atoms with E-state index in [1.54, 1.807) is 55.6 Å². The van der Waals surface area contributed by atoms with Crippen LogP contribution in [0.3, 0.4) is 0 Å². The minimum Gasteiger partial charge on any atom is -0.488 e. The van der Waals surface area contributed by atoms with E-state index in [-0.39, 0.29) is 15.9 Å². The Balaban J connectivity index is 1.83. The average molecular weight is 375 g/mol. The number of carbonyl (C=O) groups excluding carboxylic acids is 1. The Labute approximate surface area is 153 Å². The summed E-state index contributed by atoms with van der Waals surface area (Å²) in [6, 6.07) is 13.3. The number of rotatable bonds is 4. The number of carbonyl (C=O) groups is 1. The van der Waals surface area contributed by atoms with Crippen LogP contribution in [0.4, 0.5) is 4.79 Å². The van der Waals surface area contributed by atoms with Crippen molar-refractivity contribution in [2.24, 2.45) is 0 Å². The quantitative estimate of drug-likeness (QED) is 0.822. The third kappa shape index (κ3) is 3.67. The standard InChI is InChI=1S/C19H21NO5S/c1-20(19(21)24-2)13-15-10-8-14-9-11-17(12-18(14)25-15)26(22,23)16-6-4-3-5-7-16/h3-7,9,11-12,15H,8,10,13H2,1-2H3/t15-/m1/s1. The molecule has 0 aromatic heterocycles. The molecule has 0 saturated heterocycles. The largest absolute Gasteiger partial charge is 0.488 e. The number of methoxy groups -OCH3 is 1. The Morgan fingerprint density at radius 1 is 1.19 bits per heavy atom. The molecule has 0 radical (unpaired) electrons. The summed E-state index contributed by atoms with van der Waals surface area (Å²) >= 11 is 0. The second-order valence-corrected chi connectivity index (χ2v) is 8.16. The summed E-state index contributed by atoms with van der Waals surface area (Å²) in [7, 11) is -0.625. The van der Waals surface area contributed by atoms with Crippen molar-refractivity contribution >= 4 is 15.9 Å². The summed E-state index contributed by atoms with van der Waals surface area (Å²) in [6.07, 6.45) is 0.876. The van der Waals surface area contributed by atoms with E-state index in [9.17, 15) is 13.2 Å². The Bertz CT molecular complexity index is 895. The molecule has 138 valence electrons. The van der Waals surface area contributed by atoms with Gasteiger partial charge in [-0.25, -0.2) is 13.2 Å². The number of benzene rings is 2. The highest BCUT2D eigenvalue weighted by Crippen LogP contribution is 2.32. The van der Waals surface area contributed by atoms with Crippen LogP contribution in [-0.2, 0) is 21.0 Å². The molecule has 0 bridgehead atoms. The maximum Gasteiger partial charge on any atom is 0.409 e. The molecule has 7 heteroatoms. The van der Waals surface area contributed by atoms with Crippen LogP contribution in [0.15, 0.2) is 58.3 Å². The van der Waals surface area contributed by atoms with Crippen molar-refractivity contribution in [3.05, 3.63) is 54.1 Å². The maximum absolute atomic E-state index is 12.8. The Morgan fingerprint density at radius 3 is 2.62 bits per heavy atom. The first-order valence-electron chi connectivity index (χ1n) is 8.30. The van der Waals surface area contributed by atoms with Crippen molar-refractivity contribution < 1.29 is 22.7 Å². The first-order valence-corrected chi connectivity index (χ1v) is 9.79. The van der Waals surface area contributed by atoms with Crippen LogP contribution in [0.2, 0.25) is 0 Å². The van der Waals surface area contributed by atoms with Gasteiger partial charge in [0.2, 0.25) is 9.84 Å². The second-order valence-electron chi connectivity index (χ2n) is 6.22. The van der Waals surface area contributed by atoms with Gasteiger partial charge in [-0.3, -0.25) is 0 Å². The van der Waals surface area contributed by atoms with Gasteiger partial charge in [-0.05, 0) is 42.7 Å². The van der Waals surface area contributed by atoms with Crippen LogP contribution in [0.1, 0.15) is 12.0 Å². The number of hydrogen-bond acceptors (Lipinski definition) is 5. The number of hydrogen-bond donors (Lipinski definition) is 0. The SMILES string of the molecule is COC(=O)N(C)C[C@H]1CCc2ccc(S(=O)(=O)c3ccccc3)cc2O1. The van der Waals surface area contributed by atoms with Crippen molar-refractivity contribution in [1.82, 2.24) is 4.90 Å². The zero-order valence-electron chi connectivity index (χ0n) is 14.7. The number of likely N-dealkylation sites (N-methyl/N-ethyl adjacent to an activating group) is 1. The van der Waals surface area contributed by atoms with Crippen molar-refractivity contribution in [1.29, 1.82) is 0 Å². The highest BCUT2D eigenvalue weighted by molar-refractivity contribution is 7.91. The van der Waals surface area contributed by atoms with Crippen molar-refractivity contribution in [3.8, 4) is 5.75 Å². The van der Waals surface area contributed by atoms with Crippen LogP contribution in [0.5, 0.6) is 5.75 Å². The van der Waals surface area contributed by atoms with Crippen molar-refractivity contribution in [3.63, 3.8) is 0 Å². The van der Waals surface area contributed by atoms with Gasteiger partial charge in [0.05, 0.1) is 23.4 Å². The summed E-state index contributed by atoms with van der Waals surface area (Å²) in [5.74, 6) is 0.552. The molecule has 1 heterocycles. The average Bonchev–Trinajstić information content (AvgIpc) is 2.67. The summed E-state index contributed by atoms with van der Waals surface area (Å²) in [5, 5.41) is 0. The van der Waals surface area contributed by atoms with Gasteiger partial charge in [-0.15, -0.1) is 0 Å². The molecule has 2 aromatic rings. The number of amides is 1. The van der Waals surface area contributed by atoms with Crippen LogP contribution >= 0.6 is 0 Å². The molecular weight excluding hydrogens is 354 g/mol. The number of fused-ring (bicyclic) bond motifs is 1. The fourth-order valence-corrected chi connectivity index (χ4v) is 4.27. The van der Waals surface area contributed by atoms with E-state index in [1.165, 1.54) is 12.0 Å². The zero-order chi connectivity index (χ0) is 18.7. The van der Waals surface area contributed by atoms with Gasteiger partial charge < -0.3 is 14.4 Å². The highest BCUT2D eigenvalue weighted by atomic mass is 32.2. The molecule has 0 fully saturated rings. The highest BCUT2D eigenvalue weighted by Gasteiger charge is 2.25. The van der Waals surface area contributed by atoms with Gasteiger partial charge in [0.25, 0.3) is 0 Å². The van der Waals surface area contributed by atoms with Gasteiger partial charge >= 0.3 is 6.09 Å². The fourth-order valence-electron chi connectivity index (χ4n) is 2.97. The molecule has 0 saturated carbocycles. The van der Waals surface area contributed by atoms with E-state index >= 15 is 0 Å². The lowest BCUT2D eigenvalue weighted by Crippen LogP contribution is -2.38. The van der Waals surface area contributed by atoms with E-state index in [4.69, 9.17) is 4.74 Å². The van der Waals surface area contributed by atoms with E-state index in [2.05, 4.69) is 4.74 Å². The van der Waals surface area contributed by atoms with Crippen LogP contribution in [-0.4, -0.2) is 46.2 Å². The molecule has 1 atom stereocenters. The van der Waals surface area contributed by atoms with E-state index < -0.39 is 15.9 Å². The summed E-state index contributed by atoms with van der Waals surface area (Å²) in [5.41, 5.74) is 0.967. The topological polar surface area (TPSA) is 72.9 Å². The predicted octanol–water partition coefficient (Wildman–Crippen LogP) is 2.91. The molecule has 6 nitrogen and oxygen atoms in total. The molecule has 0 unspecified atom stereocenters. The van der Waals surface area contributed by atoms with E-state index in [1.807, 2.05) is 0 Å². The summed E-state index contributed by atoms with van der Waals surface area (Å²) in [4.78, 5) is 13.4. The Morgan fingerprint density at radius 2 is 1.92 bits per heavy atom. The van der Waals surface area contributed by atoms with Gasteiger partial charge in [-0.1, -0.05) is 24.3 Å².